The summed E-state index contributed by atoms with van der Waals surface area (Å²) in [6.07, 6.45) is 4.10. The van der Waals surface area contributed by atoms with E-state index in [1.807, 2.05) is 0 Å². The fourth-order valence-corrected chi connectivity index (χ4v) is 4.10. The van der Waals surface area contributed by atoms with Gasteiger partial charge in [-0.2, -0.15) is 0 Å². The molecule has 0 radical (unpaired) electrons. The van der Waals surface area contributed by atoms with Crippen molar-refractivity contribution in [1.82, 2.24) is 4.72 Å². The maximum atomic E-state index is 12.3. The monoisotopic (exact) mass is 283 g/mol. The third kappa shape index (κ3) is 3.28. The molecule has 2 rings (SSSR count). The first-order chi connectivity index (χ1) is 8.81. The fourth-order valence-electron chi connectivity index (χ4n) is 2.62. The summed E-state index contributed by atoms with van der Waals surface area (Å²) in [4.78, 5) is 0.119. The van der Waals surface area contributed by atoms with Crippen molar-refractivity contribution in [3.63, 3.8) is 0 Å². The quantitative estimate of drug-likeness (QED) is 0.896. The summed E-state index contributed by atoms with van der Waals surface area (Å²) in [5, 5.41) is 9.39. The third-order valence-electron chi connectivity index (χ3n) is 3.93. The molecule has 0 heterocycles. The number of aromatic hydroxyl groups is 1. The van der Waals surface area contributed by atoms with E-state index in [2.05, 4.69) is 18.6 Å². The second-order valence-electron chi connectivity index (χ2n) is 5.91. The summed E-state index contributed by atoms with van der Waals surface area (Å²) in [7, 11) is -3.56. The molecule has 0 bridgehead atoms. The maximum absolute atomic E-state index is 12.3. The van der Waals surface area contributed by atoms with Crippen molar-refractivity contribution in [2.24, 2.45) is 5.41 Å². The Hall–Kier alpha value is -1.07. The van der Waals surface area contributed by atoms with Gasteiger partial charge in [0.15, 0.2) is 0 Å². The molecule has 106 valence electrons. The Morgan fingerprint density at radius 2 is 2.05 bits per heavy atom. The first kappa shape index (κ1) is 14.3. The van der Waals surface area contributed by atoms with Gasteiger partial charge in [0, 0.05) is 6.04 Å². The first-order valence-corrected chi connectivity index (χ1v) is 8.11. The topological polar surface area (TPSA) is 66.4 Å². The number of nitrogens with one attached hydrogen (secondary N) is 1. The van der Waals surface area contributed by atoms with Crippen molar-refractivity contribution in [2.45, 2.75) is 50.5 Å². The van der Waals surface area contributed by atoms with E-state index in [1.165, 1.54) is 24.3 Å². The summed E-state index contributed by atoms with van der Waals surface area (Å²) in [5.41, 5.74) is -0.0256. The molecule has 1 aliphatic rings. The molecule has 1 aromatic carbocycles. The molecule has 5 heteroatoms. The van der Waals surface area contributed by atoms with Crippen molar-refractivity contribution < 1.29 is 13.5 Å². The average molecular weight is 283 g/mol. The first-order valence-electron chi connectivity index (χ1n) is 6.63. The number of rotatable bonds is 3. The van der Waals surface area contributed by atoms with Crippen LogP contribution < -0.4 is 4.72 Å². The normalized spacial score (nSPS) is 23.2. The molecule has 0 amide bonds. The number of benzene rings is 1. The van der Waals surface area contributed by atoms with Gasteiger partial charge in [0.1, 0.15) is 5.75 Å². The predicted octanol–water partition coefficient (Wildman–Crippen LogP) is 2.64. The third-order valence-corrected chi connectivity index (χ3v) is 5.40. The molecule has 1 fully saturated rings. The van der Waals surface area contributed by atoms with Gasteiger partial charge in [-0.25, -0.2) is 13.1 Å². The molecular formula is C14H21NO3S. The van der Waals surface area contributed by atoms with Crippen LogP contribution in [0.1, 0.15) is 39.5 Å². The van der Waals surface area contributed by atoms with E-state index in [1.54, 1.807) is 0 Å². The van der Waals surface area contributed by atoms with Crippen molar-refractivity contribution in [3.05, 3.63) is 24.3 Å². The van der Waals surface area contributed by atoms with Crippen LogP contribution in [0.2, 0.25) is 0 Å². The van der Waals surface area contributed by atoms with E-state index in [0.29, 0.717) is 0 Å². The maximum Gasteiger partial charge on any atom is 0.240 e. The van der Waals surface area contributed by atoms with Gasteiger partial charge in [-0.1, -0.05) is 32.8 Å². The molecule has 0 aromatic heterocycles. The van der Waals surface area contributed by atoms with Gasteiger partial charge in [0.05, 0.1) is 4.90 Å². The largest absolute Gasteiger partial charge is 0.508 e. The molecule has 1 aromatic rings. The number of phenolic OH excluding ortho intramolecular Hbond substituents is 1. The lowest BCUT2D eigenvalue weighted by Gasteiger charge is -2.38. The minimum Gasteiger partial charge on any atom is -0.508 e. The van der Waals surface area contributed by atoms with Crippen LogP contribution in [0.25, 0.3) is 0 Å². The fraction of sp³-hybridized carbons (Fsp3) is 0.571. The molecule has 1 aliphatic carbocycles. The predicted molar refractivity (Wildman–Crippen MR) is 74.5 cm³/mol. The lowest BCUT2D eigenvalue weighted by Crippen LogP contribution is -2.46. The molecule has 1 saturated carbocycles. The van der Waals surface area contributed by atoms with Crippen LogP contribution in [0.4, 0.5) is 0 Å². The molecular weight excluding hydrogens is 262 g/mol. The van der Waals surface area contributed by atoms with Gasteiger partial charge in [0.2, 0.25) is 10.0 Å². The molecule has 0 spiro atoms. The average Bonchev–Trinajstić information content (AvgIpc) is 2.32. The van der Waals surface area contributed by atoms with Gasteiger partial charge in [0.25, 0.3) is 0 Å². The van der Waals surface area contributed by atoms with Gasteiger partial charge in [-0.3, -0.25) is 0 Å². The minimum atomic E-state index is -3.56. The Morgan fingerprint density at radius 3 is 2.68 bits per heavy atom. The zero-order chi connectivity index (χ0) is 14.1. The number of phenols is 1. The Labute approximate surface area is 114 Å². The second kappa shape index (κ2) is 5.13. The highest BCUT2D eigenvalue weighted by Gasteiger charge is 2.35. The van der Waals surface area contributed by atoms with E-state index in [9.17, 15) is 13.5 Å². The minimum absolute atomic E-state index is 0.0256. The Balaban J connectivity index is 2.22. The lowest BCUT2D eigenvalue weighted by atomic mass is 9.74. The van der Waals surface area contributed by atoms with Crippen LogP contribution in [-0.4, -0.2) is 19.6 Å². The van der Waals surface area contributed by atoms with Crippen LogP contribution in [0, 0.1) is 5.41 Å². The Kier molecular flexibility index (Phi) is 3.87. The van der Waals surface area contributed by atoms with Crippen LogP contribution in [0.5, 0.6) is 5.75 Å². The SMILES string of the molecule is CC1(C)CCCCC1NS(=O)(=O)c1cccc(O)c1. The molecule has 4 nitrogen and oxygen atoms in total. The number of sulfonamides is 1. The molecule has 1 unspecified atom stereocenters. The van der Waals surface area contributed by atoms with Crippen LogP contribution >= 0.6 is 0 Å². The van der Waals surface area contributed by atoms with Crippen molar-refractivity contribution in [1.29, 1.82) is 0 Å². The van der Waals surface area contributed by atoms with Crippen LogP contribution in [0.15, 0.2) is 29.2 Å². The standard InChI is InChI=1S/C14H21NO3S/c1-14(2)9-4-3-8-13(14)15-19(17,18)12-7-5-6-11(16)10-12/h5-7,10,13,15-16H,3-4,8-9H2,1-2H3. The summed E-state index contributed by atoms with van der Waals surface area (Å²) >= 11 is 0. The van der Waals surface area contributed by atoms with E-state index in [-0.39, 0.29) is 22.1 Å². The Bertz CT molecular complexity index is 552. The molecule has 2 N–H and O–H groups in total. The second-order valence-corrected chi connectivity index (χ2v) is 7.62. The molecule has 19 heavy (non-hydrogen) atoms. The zero-order valence-corrected chi connectivity index (χ0v) is 12.2. The van der Waals surface area contributed by atoms with Crippen LogP contribution in [0.3, 0.4) is 0 Å². The number of hydrogen-bond donors (Lipinski definition) is 2. The van der Waals surface area contributed by atoms with E-state index >= 15 is 0 Å². The van der Waals surface area contributed by atoms with Crippen LogP contribution in [-0.2, 0) is 10.0 Å². The van der Waals surface area contributed by atoms with E-state index < -0.39 is 10.0 Å². The smallest absolute Gasteiger partial charge is 0.240 e. The zero-order valence-electron chi connectivity index (χ0n) is 11.4. The molecule has 0 saturated heterocycles. The lowest BCUT2D eigenvalue weighted by molar-refractivity contribution is 0.188. The Morgan fingerprint density at radius 1 is 1.32 bits per heavy atom. The molecule has 0 aliphatic heterocycles. The summed E-state index contributed by atoms with van der Waals surface area (Å²) in [6.45, 7) is 4.20. The van der Waals surface area contributed by atoms with E-state index in [4.69, 9.17) is 0 Å². The van der Waals surface area contributed by atoms with Crippen molar-refractivity contribution in [2.75, 3.05) is 0 Å². The van der Waals surface area contributed by atoms with Crippen molar-refractivity contribution in [3.8, 4) is 5.75 Å². The summed E-state index contributed by atoms with van der Waals surface area (Å²) in [6, 6.07) is 5.73. The van der Waals surface area contributed by atoms with Crippen molar-refractivity contribution >= 4 is 10.0 Å². The highest BCUT2D eigenvalue weighted by molar-refractivity contribution is 7.89. The van der Waals surface area contributed by atoms with Gasteiger partial charge in [-0.15, -0.1) is 0 Å². The summed E-state index contributed by atoms with van der Waals surface area (Å²) < 4.78 is 27.4. The van der Waals surface area contributed by atoms with E-state index in [0.717, 1.165) is 25.7 Å². The van der Waals surface area contributed by atoms with Gasteiger partial charge in [-0.05, 0) is 36.5 Å². The van der Waals surface area contributed by atoms with Gasteiger partial charge >= 0.3 is 0 Å². The van der Waals surface area contributed by atoms with Gasteiger partial charge < -0.3 is 5.11 Å². The molecule has 1 atom stereocenters. The number of hydrogen-bond acceptors (Lipinski definition) is 3. The highest BCUT2D eigenvalue weighted by atomic mass is 32.2. The highest BCUT2D eigenvalue weighted by Crippen LogP contribution is 2.36. The summed E-state index contributed by atoms with van der Waals surface area (Å²) in [5.74, 6) is -0.0363.